The van der Waals surface area contributed by atoms with Gasteiger partial charge in [0.15, 0.2) is 0 Å². The second-order valence-corrected chi connectivity index (χ2v) is 5.17. The number of thioether (sulfide) groups is 1. The molecule has 2 heteroatoms. The Bertz CT molecular complexity index is 150. The molecule has 2 atom stereocenters. The van der Waals surface area contributed by atoms with E-state index < -0.39 is 0 Å². The second kappa shape index (κ2) is 4.31. The van der Waals surface area contributed by atoms with Crippen LogP contribution in [0.25, 0.3) is 0 Å². The maximum atomic E-state index is 11.0. The number of carbonyl (C=O) groups is 1. The van der Waals surface area contributed by atoms with Gasteiger partial charge in [0, 0.05) is 0 Å². The van der Waals surface area contributed by atoms with Gasteiger partial charge in [0.1, 0.15) is 6.29 Å². The summed E-state index contributed by atoms with van der Waals surface area (Å²) in [6.45, 7) is 4.41. The van der Waals surface area contributed by atoms with E-state index in [4.69, 9.17) is 0 Å². The summed E-state index contributed by atoms with van der Waals surface area (Å²) in [5.41, 5.74) is 0. The number of hydrogen-bond acceptors (Lipinski definition) is 2. The maximum Gasteiger partial charge on any atom is 0.136 e. The molecule has 0 aromatic rings. The smallest absolute Gasteiger partial charge is 0.136 e. The van der Waals surface area contributed by atoms with Crippen molar-refractivity contribution in [2.24, 2.45) is 5.92 Å². The molecular formula is C10H18OS. The zero-order chi connectivity index (χ0) is 9.03. The Kier molecular flexibility index (Phi) is 3.63. The molecule has 1 rings (SSSR count). The van der Waals surface area contributed by atoms with Crippen LogP contribution in [0.1, 0.15) is 39.5 Å². The lowest BCUT2D eigenvalue weighted by molar-refractivity contribution is -0.111. The van der Waals surface area contributed by atoms with E-state index in [1.807, 2.05) is 11.8 Å². The minimum Gasteiger partial charge on any atom is -0.302 e. The van der Waals surface area contributed by atoms with Gasteiger partial charge in [-0.05, 0) is 30.9 Å². The molecule has 1 heterocycles. The monoisotopic (exact) mass is 186 g/mol. The molecule has 2 unspecified atom stereocenters. The van der Waals surface area contributed by atoms with Crippen LogP contribution in [0.3, 0.4) is 0 Å². The molecule has 0 bridgehead atoms. The van der Waals surface area contributed by atoms with Gasteiger partial charge in [0.2, 0.25) is 0 Å². The van der Waals surface area contributed by atoms with Gasteiger partial charge in [-0.15, -0.1) is 11.8 Å². The lowest BCUT2D eigenvalue weighted by Crippen LogP contribution is -2.31. The van der Waals surface area contributed by atoms with Crippen molar-refractivity contribution in [1.82, 2.24) is 0 Å². The van der Waals surface area contributed by atoms with Gasteiger partial charge in [-0.25, -0.2) is 0 Å². The minimum atomic E-state index is -0.0178. The first kappa shape index (κ1) is 10.1. The molecule has 70 valence electrons. The number of aldehydes is 1. The lowest BCUT2D eigenvalue weighted by Gasteiger charge is -2.28. The predicted molar refractivity (Wildman–Crippen MR) is 54.6 cm³/mol. The standard InChI is InChI=1S/C10H18OS/c1-3-5-9(2)10(8-11)6-4-7-12-10/h8-9H,3-7H2,1-2H3. The van der Waals surface area contributed by atoms with Gasteiger partial charge < -0.3 is 4.79 Å². The molecule has 0 aromatic carbocycles. The van der Waals surface area contributed by atoms with E-state index in [-0.39, 0.29) is 4.75 Å². The molecule has 1 saturated heterocycles. The van der Waals surface area contributed by atoms with Crippen LogP contribution in [-0.4, -0.2) is 16.8 Å². The average molecular weight is 186 g/mol. The predicted octanol–water partition coefficient (Wildman–Crippen LogP) is 2.89. The minimum absolute atomic E-state index is 0.0178. The SMILES string of the molecule is CCCC(C)C1(C=O)CCCS1. The topological polar surface area (TPSA) is 17.1 Å². The molecular weight excluding hydrogens is 168 g/mol. The normalized spacial score (nSPS) is 31.8. The fourth-order valence-corrected chi connectivity index (χ4v) is 3.39. The zero-order valence-electron chi connectivity index (χ0n) is 8.01. The van der Waals surface area contributed by atoms with Gasteiger partial charge >= 0.3 is 0 Å². The van der Waals surface area contributed by atoms with Crippen molar-refractivity contribution in [2.75, 3.05) is 5.75 Å². The lowest BCUT2D eigenvalue weighted by atomic mass is 9.87. The Morgan fingerprint density at radius 1 is 1.67 bits per heavy atom. The summed E-state index contributed by atoms with van der Waals surface area (Å²) >= 11 is 1.87. The van der Waals surface area contributed by atoms with E-state index in [1.165, 1.54) is 31.3 Å². The summed E-state index contributed by atoms with van der Waals surface area (Å²) in [6.07, 6.45) is 5.90. The summed E-state index contributed by atoms with van der Waals surface area (Å²) in [6, 6.07) is 0. The highest BCUT2D eigenvalue weighted by Crippen LogP contribution is 2.43. The number of rotatable bonds is 4. The molecule has 12 heavy (non-hydrogen) atoms. The quantitative estimate of drug-likeness (QED) is 0.628. The van der Waals surface area contributed by atoms with Crippen LogP contribution in [-0.2, 0) is 4.79 Å². The van der Waals surface area contributed by atoms with Crippen molar-refractivity contribution in [3.8, 4) is 0 Å². The first-order valence-corrected chi connectivity index (χ1v) is 5.84. The van der Waals surface area contributed by atoms with E-state index in [9.17, 15) is 4.79 Å². The Morgan fingerprint density at radius 2 is 2.42 bits per heavy atom. The molecule has 1 fully saturated rings. The highest BCUT2D eigenvalue weighted by Gasteiger charge is 2.38. The fraction of sp³-hybridized carbons (Fsp3) is 0.900. The third kappa shape index (κ3) is 1.85. The summed E-state index contributed by atoms with van der Waals surface area (Å²) in [5.74, 6) is 1.74. The Morgan fingerprint density at radius 3 is 2.83 bits per heavy atom. The summed E-state index contributed by atoms with van der Waals surface area (Å²) in [4.78, 5) is 11.0. The van der Waals surface area contributed by atoms with Crippen LogP contribution in [0.4, 0.5) is 0 Å². The van der Waals surface area contributed by atoms with Crippen LogP contribution < -0.4 is 0 Å². The van der Waals surface area contributed by atoms with Crippen LogP contribution in [0.5, 0.6) is 0 Å². The van der Waals surface area contributed by atoms with Crippen molar-refractivity contribution in [3.05, 3.63) is 0 Å². The van der Waals surface area contributed by atoms with Crippen molar-refractivity contribution in [1.29, 1.82) is 0 Å². The third-order valence-corrected chi connectivity index (χ3v) is 4.57. The van der Waals surface area contributed by atoms with Gasteiger partial charge in [0.25, 0.3) is 0 Å². The van der Waals surface area contributed by atoms with E-state index in [1.54, 1.807) is 0 Å². The molecule has 1 aliphatic rings. The molecule has 0 spiro atoms. The zero-order valence-corrected chi connectivity index (χ0v) is 8.82. The van der Waals surface area contributed by atoms with E-state index in [0.29, 0.717) is 5.92 Å². The molecule has 0 N–H and O–H groups in total. The Labute approximate surface area is 79.3 Å². The van der Waals surface area contributed by atoms with Crippen molar-refractivity contribution < 1.29 is 4.79 Å². The average Bonchev–Trinajstić information content (AvgIpc) is 2.54. The van der Waals surface area contributed by atoms with Crippen LogP contribution in [0, 0.1) is 5.92 Å². The van der Waals surface area contributed by atoms with Crippen LogP contribution >= 0.6 is 11.8 Å². The van der Waals surface area contributed by atoms with Crippen molar-refractivity contribution >= 4 is 18.0 Å². The first-order chi connectivity index (χ1) is 5.75. The summed E-state index contributed by atoms with van der Waals surface area (Å²) < 4.78 is -0.0178. The van der Waals surface area contributed by atoms with Crippen LogP contribution in [0.15, 0.2) is 0 Å². The summed E-state index contributed by atoms with van der Waals surface area (Å²) in [7, 11) is 0. The Hall–Kier alpha value is 0.0200. The fourth-order valence-electron chi connectivity index (χ4n) is 1.96. The van der Waals surface area contributed by atoms with Gasteiger partial charge in [-0.3, -0.25) is 0 Å². The molecule has 0 amide bonds. The molecule has 0 aromatic heterocycles. The highest BCUT2D eigenvalue weighted by molar-refractivity contribution is 8.01. The highest BCUT2D eigenvalue weighted by atomic mass is 32.2. The van der Waals surface area contributed by atoms with Gasteiger partial charge in [-0.1, -0.05) is 20.3 Å². The third-order valence-electron chi connectivity index (χ3n) is 2.84. The maximum absolute atomic E-state index is 11.0. The molecule has 0 radical (unpaired) electrons. The largest absolute Gasteiger partial charge is 0.302 e. The molecule has 0 aliphatic carbocycles. The van der Waals surface area contributed by atoms with E-state index >= 15 is 0 Å². The van der Waals surface area contributed by atoms with Gasteiger partial charge in [-0.2, -0.15) is 0 Å². The molecule has 1 aliphatic heterocycles. The van der Waals surface area contributed by atoms with Crippen LogP contribution in [0.2, 0.25) is 0 Å². The molecule has 0 saturated carbocycles. The Balaban J connectivity index is 2.58. The van der Waals surface area contributed by atoms with E-state index in [2.05, 4.69) is 13.8 Å². The van der Waals surface area contributed by atoms with Gasteiger partial charge in [0.05, 0.1) is 4.75 Å². The van der Waals surface area contributed by atoms with E-state index in [0.717, 1.165) is 6.42 Å². The first-order valence-electron chi connectivity index (χ1n) is 4.85. The summed E-state index contributed by atoms with van der Waals surface area (Å²) in [5, 5.41) is 0. The van der Waals surface area contributed by atoms with Crippen molar-refractivity contribution in [2.45, 2.75) is 44.3 Å². The number of hydrogen-bond donors (Lipinski definition) is 0. The molecule has 1 nitrogen and oxygen atoms in total. The van der Waals surface area contributed by atoms with Crippen molar-refractivity contribution in [3.63, 3.8) is 0 Å². The second-order valence-electron chi connectivity index (χ2n) is 3.71. The number of carbonyl (C=O) groups excluding carboxylic acids is 1.